The molecule has 4 heterocycles. The zero-order chi connectivity index (χ0) is 28.7. The largest absolute Gasteiger partial charge is 0.380 e. The van der Waals surface area contributed by atoms with Crippen molar-refractivity contribution in [3.05, 3.63) is 0 Å². The van der Waals surface area contributed by atoms with Gasteiger partial charge in [0.25, 0.3) is 0 Å². The molecule has 4 saturated heterocycles. The summed E-state index contributed by atoms with van der Waals surface area (Å²) in [5.41, 5.74) is 3.97. The number of hydrogen-bond donors (Lipinski definition) is 3. The van der Waals surface area contributed by atoms with E-state index in [1.807, 2.05) is 7.11 Å². The lowest BCUT2D eigenvalue weighted by atomic mass is 9.74. The molecular weight excluding hydrogens is 526 g/mol. The third-order valence-electron chi connectivity index (χ3n) is 11.8. The van der Waals surface area contributed by atoms with Gasteiger partial charge in [0.1, 0.15) is 0 Å². The van der Waals surface area contributed by atoms with Crippen molar-refractivity contribution < 1.29 is 9.53 Å². The minimum absolute atomic E-state index is 0.235. The van der Waals surface area contributed by atoms with Crippen molar-refractivity contribution in [3.63, 3.8) is 0 Å². The molecule has 6 rings (SSSR count). The SMILES string of the molecule is COC1CCC2CCCNC2C1N1CCCN(C(CC(=O)NCCN2CCCC2)C2CCN(C3CCCCC3)N2)CC1. The molecule has 6 fully saturated rings. The highest BCUT2D eigenvalue weighted by Crippen LogP contribution is 2.35. The molecule has 0 radical (unpaired) electrons. The highest BCUT2D eigenvalue weighted by Gasteiger charge is 2.44. The number of hydrazine groups is 1. The van der Waals surface area contributed by atoms with Crippen LogP contribution in [0, 0.1) is 5.92 Å². The van der Waals surface area contributed by atoms with Crippen LogP contribution in [0.1, 0.15) is 89.9 Å². The molecule has 1 amide bonds. The number of nitrogens with zero attached hydrogens (tertiary/aromatic N) is 4. The van der Waals surface area contributed by atoms with E-state index in [0.717, 1.165) is 71.1 Å². The van der Waals surface area contributed by atoms with Gasteiger partial charge >= 0.3 is 0 Å². The van der Waals surface area contributed by atoms with E-state index in [1.54, 1.807) is 0 Å². The van der Waals surface area contributed by atoms with Gasteiger partial charge in [-0.2, -0.15) is 0 Å². The van der Waals surface area contributed by atoms with Crippen LogP contribution >= 0.6 is 0 Å². The Kier molecular flexibility index (Phi) is 11.5. The minimum atomic E-state index is 0.235. The maximum Gasteiger partial charge on any atom is 0.221 e. The van der Waals surface area contributed by atoms with E-state index < -0.39 is 0 Å². The molecule has 9 heteroatoms. The maximum absolute atomic E-state index is 13.4. The van der Waals surface area contributed by atoms with Gasteiger partial charge in [-0.25, -0.2) is 5.01 Å². The molecule has 4 aliphatic heterocycles. The Bertz CT molecular complexity index is 835. The third kappa shape index (κ3) is 7.69. The summed E-state index contributed by atoms with van der Waals surface area (Å²) in [6.07, 6.45) is 17.7. The Labute approximate surface area is 255 Å². The first kappa shape index (κ1) is 31.2. The number of carbonyl (C=O) groups excluding carboxylic acids is 1. The molecule has 240 valence electrons. The summed E-state index contributed by atoms with van der Waals surface area (Å²) in [6, 6.07) is 2.30. The van der Waals surface area contributed by atoms with Gasteiger partial charge < -0.3 is 20.3 Å². The molecule has 3 N–H and O–H groups in total. The fourth-order valence-corrected chi connectivity index (χ4v) is 9.52. The Morgan fingerprint density at radius 2 is 1.71 bits per heavy atom. The van der Waals surface area contributed by atoms with E-state index in [4.69, 9.17) is 4.74 Å². The lowest BCUT2D eigenvalue weighted by Gasteiger charge is -2.49. The Hall–Kier alpha value is -0.810. The summed E-state index contributed by atoms with van der Waals surface area (Å²) in [5, 5.41) is 9.80. The van der Waals surface area contributed by atoms with Crippen LogP contribution < -0.4 is 16.1 Å². The molecule has 0 bridgehead atoms. The molecule has 0 spiro atoms. The normalized spacial score (nSPS) is 35.6. The van der Waals surface area contributed by atoms with E-state index in [9.17, 15) is 4.79 Å². The lowest BCUT2D eigenvalue weighted by Crippen LogP contribution is -2.63. The molecule has 6 unspecified atom stereocenters. The van der Waals surface area contributed by atoms with E-state index in [1.165, 1.54) is 83.7 Å². The molecule has 9 nitrogen and oxygen atoms in total. The van der Waals surface area contributed by atoms with E-state index in [2.05, 4.69) is 35.8 Å². The van der Waals surface area contributed by atoms with Gasteiger partial charge in [-0.05, 0) is 103 Å². The second-order valence-corrected chi connectivity index (χ2v) is 14.3. The van der Waals surface area contributed by atoms with Gasteiger partial charge in [-0.3, -0.25) is 20.0 Å². The van der Waals surface area contributed by atoms with Gasteiger partial charge in [-0.1, -0.05) is 19.3 Å². The lowest BCUT2D eigenvalue weighted by molar-refractivity contribution is -0.122. The Morgan fingerprint density at radius 1 is 0.857 bits per heavy atom. The second-order valence-electron chi connectivity index (χ2n) is 14.3. The van der Waals surface area contributed by atoms with Crippen LogP contribution in [0.5, 0.6) is 0 Å². The minimum Gasteiger partial charge on any atom is -0.380 e. The highest BCUT2D eigenvalue weighted by molar-refractivity contribution is 5.76. The summed E-state index contributed by atoms with van der Waals surface area (Å²) in [7, 11) is 1.92. The standard InChI is InChI=1S/C33H61N7O2/c1-42-30-13-12-26-9-7-15-35-32(26)33(30)39-20-8-19-38(23-24-39)29(25-31(41)34-16-22-37-17-5-6-18-37)28-14-21-40(36-28)27-10-3-2-4-11-27/h26-30,32-33,35-36H,2-25H2,1H3,(H,34,41). The summed E-state index contributed by atoms with van der Waals surface area (Å²) in [5.74, 6) is 1.03. The predicted octanol–water partition coefficient (Wildman–Crippen LogP) is 2.42. The molecule has 0 aromatic heterocycles. The van der Waals surface area contributed by atoms with E-state index in [0.29, 0.717) is 36.7 Å². The summed E-state index contributed by atoms with van der Waals surface area (Å²) in [4.78, 5) is 21.4. The highest BCUT2D eigenvalue weighted by atomic mass is 16.5. The van der Waals surface area contributed by atoms with Gasteiger partial charge in [0, 0.05) is 70.4 Å². The smallest absolute Gasteiger partial charge is 0.221 e. The number of hydrogen-bond acceptors (Lipinski definition) is 8. The number of nitrogens with one attached hydrogen (secondary N) is 3. The van der Waals surface area contributed by atoms with Crippen LogP contribution in [0.2, 0.25) is 0 Å². The predicted molar refractivity (Wildman–Crippen MR) is 168 cm³/mol. The number of carbonyl (C=O) groups is 1. The first-order chi connectivity index (χ1) is 20.7. The number of ether oxygens (including phenoxy) is 1. The first-order valence-electron chi connectivity index (χ1n) is 18.0. The molecule has 2 saturated carbocycles. The van der Waals surface area contributed by atoms with E-state index >= 15 is 0 Å². The Morgan fingerprint density at radius 3 is 2.55 bits per heavy atom. The molecule has 42 heavy (non-hydrogen) atoms. The van der Waals surface area contributed by atoms with Gasteiger partial charge in [0.15, 0.2) is 0 Å². The van der Waals surface area contributed by atoms with Gasteiger partial charge in [0.2, 0.25) is 5.91 Å². The number of fused-ring (bicyclic) bond motifs is 1. The molecule has 2 aliphatic carbocycles. The number of likely N-dealkylation sites (tertiary alicyclic amines) is 1. The summed E-state index contributed by atoms with van der Waals surface area (Å²) >= 11 is 0. The van der Waals surface area contributed by atoms with Crippen molar-refractivity contribution in [2.24, 2.45) is 5.92 Å². The summed E-state index contributed by atoms with van der Waals surface area (Å²) < 4.78 is 6.13. The topological polar surface area (TPSA) is 75.4 Å². The molecule has 0 aromatic carbocycles. The number of rotatable bonds is 10. The molecular formula is C33H61N7O2. The van der Waals surface area contributed by atoms with Crippen molar-refractivity contribution in [2.75, 3.05) is 72.6 Å². The van der Waals surface area contributed by atoms with Crippen molar-refractivity contribution in [1.29, 1.82) is 0 Å². The van der Waals surface area contributed by atoms with Crippen molar-refractivity contribution >= 4 is 5.91 Å². The van der Waals surface area contributed by atoms with Crippen LogP contribution in [0.4, 0.5) is 0 Å². The number of amides is 1. The quantitative estimate of drug-likeness (QED) is 0.360. The molecule has 6 atom stereocenters. The number of piperidine rings is 1. The zero-order valence-electron chi connectivity index (χ0n) is 26.6. The zero-order valence-corrected chi connectivity index (χ0v) is 26.6. The van der Waals surface area contributed by atoms with E-state index in [-0.39, 0.29) is 11.9 Å². The maximum atomic E-state index is 13.4. The Balaban J connectivity index is 1.10. The van der Waals surface area contributed by atoms with Crippen molar-refractivity contribution in [1.82, 2.24) is 35.8 Å². The molecule has 0 aromatic rings. The van der Waals surface area contributed by atoms with Crippen LogP contribution in [0.25, 0.3) is 0 Å². The third-order valence-corrected chi connectivity index (χ3v) is 11.8. The average molecular weight is 588 g/mol. The second kappa shape index (κ2) is 15.5. The van der Waals surface area contributed by atoms with Crippen molar-refractivity contribution in [2.45, 2.75) is 126 Å². The monoisotopic (exact) mass is 587 g/mol. The summed E-state index contributed by atoms with van der Waals surface area (Å²) in [6.45, 7) is 10.7. The van der Waals surface area contributed by atoms with Crippen LogP contribution in [0.15, 0.2) is 0 Å². The first-order valence-corrected chi connectivity index (χ1v) is 18.0. The fraction of sp³-hybridized carbons (Fsp3) is 0.970. The van der Waals surface area contributed by atoms with Crippen LogP contribution in [-0.4, -0.2) is 134 Å². The van der Waals surface area contributed by atoms with Gasteiger partial charge in [0.05, 0.1) is 12.1 Å². The van der Waals surface area contributed by atoms with Crippen molar-refractivity contribution in [3.8, 4) is 0 Å². The van der Waals surface area contributed by atoms with Gasteiger partial charge in [-0.15, -0.1) is 0 Å². The average Bonchev–Trinajstić information content (AvgIpc) is 3.68. The van der Waals surface area contributed by atoms with Crippen LogP contribution in [-0.2, 0) is 9.53 Å². The number of methoxy groups -OCH3 is 1. The van der Waals surface area contributed by atoms with Crippen LogP contribution in [0.3, 0.4) is 0 Å². The molecule has 6 aliphatic rings. The fourth-order valence-electron chi connectivity index (χ4n) is 9.52.